The SMILES string of the molecule is N=C(N)c1ccc(C#CCCNC(=O)OCC2c3ccccc3-c3ccccc32)cc1. The van der Waals surface area contributed by atoms with Crippen LogP contribution in [-0.4, -0.2) is 25.1 Å². The fourth-order valence-electron chi connectivity index (χ4n) is 3.77. The van der Waals surface area contributed by atoms with E-state index in [4.69, 9.17) is 15.9 Å². The monoisotopic (exact) mass is 409 g/mol. The van der Waals surface area contributed by atoms with Gasteiger partial charge in [-0.05, 0) is 34.4 Å². The molecule has 3 aromatic carbocycles. The van der Waals surface area contributed by atoms with Crippen molar-refractivity contribution in [1.29, 1.82) is 5.41 Å². The van der Waals surface area contributed by atoms with Gasteiger partial charge in [0.05, 0.1) is 0 Å². The molecule has 1 amide bonds. The van der Waals surface area contributed by atoms with Crippen LogP contribution in [0.3, 0.4) is 0 Å². The number of rotatable bonds is 5. The van der Waals surface area contributed by atoms with Crippen LogP contribution in [0.25, 0.3) is 11.1 Å². The first-order chi connectivity index (χ1) is 15.1. The van der Waals surface area contributed by atoms with E-state index in [9.17, 15) is 4.79 Å². The van der Waals surface area contributed by atoms with E-state index in [1.54, 1.807) is 12.1 Å². The van der Waals surface area contributed by atoms with E-state index in [1.165, 1.54) is 22.3 Å². The minimum atomic E-state index is -0.436. The van der Waals surface area contributed by atoms with E-state index < -0.39 is 6.09 Å². The number of amides is 1. The molecule has 0 spiro atoms. The molecule has 3 aromatic rings. The summed E-state index contributed by atoms with van der Waals surface area (Å²) in [5.74, 6) is 6.14. The molecule has 5 heteroatoms. The summed E-state index contributed by atoms with van der Waals surface area (Å²) in [5.41, 5.74) is 11.7. The van der Waals surface area contributed by atoms with Crippen molar-refractivity contribution >= 4 is 11.9 Å². The van der Waals surface area contributed by atoms with Crippen LogP contribution in [0.5, 0.6) is 0 Å². The molecule has 0 saturated carbocycles. The van der Waals surface area contributed by atoms with Crippen molar-refractivity contribution in [3.05, 3.63) is 95.1 Å². The lowest BCUT2D eigenvalue weighted by Gasteiger charge is -2.14. The highest BCUT2D eigenvalue weighted by atomic mass is 16.5. The number of carbonyl (C=O) groups excluding carboxylic acids is 1. The van der Waals surface area contributed by atoms with Crippen molar-refractivity contribution in [2.45, 2.75) is 12.3 Å². The van der Waals surface area contributed by atoms with Crippen LogP contribution in [0.1, 0.15) is 34.6 Å². The molecule has 5 nitrogen and oxygen atoms in total. The summed E-state index contributed by atoms with van der Waals surface area (Å²) in [4.78, 5) is 12.1. The summed E-state index contributed by atoms with van der Waals surface area (Å²) >= 11 is 0. The first kappa shape index (κ1) is 20.2. The molecule has 1 aliphatic rings. The number of hydrogen-bond acceptors (Lipinski definition) is 3. The van der Waals surface area contributed by atoms with Gasteiger partial charge in [0.25, 0.3) is 0 Å². The van der Waals surface area contributed by atoms with Crippen molar-refractivity contribution < 1.29 is 9.53 Å². The topological polar surface area (TPSA) is 88.2 Å². The Labute approximate surface area is 181 Å². The number of alkyl carbamates (subject to hydrolysis) is 1. The van der Waals surface area contributed by atoms with Gasteiger partial charge in [-0.2, -0.15) is 0 Å². The molecule has 0 saturated heterocycles. The summed E-state index contributed by atoms with van der Waals surface area (Å²) in [6, 6.07) is 23.7. The van der Waals surface area contributed by atoms with Crippen molar-refractivity contribution in [2.24, 2.45) is 5.73 Å². The number of nitrogens with two attached hydrogens (primary N) is 1. The highest BCUT2D eigenvalue weighted by Crippen LogP contribution is 2.44. The first-order valence-electron chi connectivity index (χ1n) is 10.2. The summed E-state index contributed by atoms with van der Waals surface area (Å²) in [7, 11) is 0. The summed E-state index contributed by atoms with van der Waals surface area (Å²) in [6.45, 7) is 0.712. The van der Waals surface area contributed by atoms with Crippen LogP contribution in [-0.2, 0) is 4.74 Å². The summed E-state index contributed by atoms with van der Waals surface area (Å²) in [5, 5.41) is 10.1. The predicted octanol–water partition coefficient (Wildman–Crippen LogP) is 4.25. The number of hydrogen-bond donors (Lipinski definition) is 3. The molecule has 0 fully saturated rings. The molecular formula is C26H23N3O2. The number of carbonyl (C=O) groups is 1. The van der Waals surface area contributed by atoms with Crippen LogP contribution < -0.4 is 11.1 Å². The molecule has 0 radical (unpaired) electrons. The Bertz CT molecular complexity index is 1130. The van der Waals surface area contributed by atoms with Crippen LogP contribution in [0.15, 0.2) is 72.8 Å². The standard InChI is InChI=1S/C26H23N3O2/c27-25(28)19-14-12-18(13-15-19)7-5-6-16-29-26(30)31-17-24-22-10-3-1-8-20(22)21-9-2-4-11-23(21)24/h1-4,8-15,24H,6,16-17H2,(H3,27,28)(H,29,30). The number of amidine groups is 1. The number of benzene rings is 3. The van der Waals surface area contributed by atoms with E-state index in [1.807, 2.05) is 36.4 Å². The normalized spacial score (nSPS) is 11.6. The molecule has 4 N–H and O–H groups in total. The van der Waals surface area contributed by atoms with Crippen LogP contribution in [0, 0.1) is 17.3 Å². The van der Waals surface area contributed by atoms with Gasteiger partial charge in [-0.15, -0.1) is 0 Å². The lowest BCUT2D eigenvalue weighted by atomic mass is 9.98. The van der Waals surface area contributed by atoms with E-state index in [0.717, 1.165) is 5.56 Å². The second-order valence-electron chi connectivity index (χ2n) is 7.30. The average Bonchev–Trinajstić information content (AvgIpc) is 3.11. The highest BCUT2D eigenvalue weighted by Gasteiger charge is 2.28. The minimum absolute atomic E-state index is 0.0341. The molecule has 0 aliphatic heterocycles. The Morgan fingerprint density at radius 2 is 1.58 bits per heavy atom. The first-order valence-corrected chi connectivity index (χ1v) is 10.2. The Kier molecular flexibility index (Phi) is 6.00. The molecule has 0 bridgehead atoms. The van der Waals surface area contributed by atoms with Gasteiger partial charge in [-0.1, -0.05) is 72.5 Å². The van der Waals surface area contributed by atoms with Crippen LogP contribution >= 0.6 is 0 Å². The molecule has 0 heterocycles. The zero-order valence-electron chi connectivity index (χ0n) is 17.0. The molecule has 4 rings (SSSR count). The van der Waals surface area contributed by atoms with Crippen LogP contribution in [0.2, 0.25) is 0 Å². The molecule has 154 valence electrons. The van der Waals surface area contributed by atoms with Gasteiger partial charge in [-0.25, -0.2) is 4.79 Å². The lowest BCUT2D eigenvalue weighted by Crippen LogP contribution is -2.26. The molecule has 0 atom stereocenters. The van der Waals surface area contributed by atoms with Gasteiger partial charge in [-0.3, -0.25) is 5.41 Å². The lowest BCUT2D eigenvalue weighted by molar-refractivity contribution is 0.143. The largest absolute Gasteiger partial charge is 0.449 e. The third-order valence-corrected chi connectivity index (χ3v) is 5.29. The molecule has 0 aromatic heterocycles. The number of nitrogen functional groups attached to an aromatic ring is 1. The third kappa shape index (κ3) is 4.59. The maximum atomic E-state index is 12.1. The van der Waals surface area contributed by atoms with E-state index >= 15 is 0 Å². The third-order valence-electron chi connectivity index (χ3n) is 5.29. The average molecular weight is 409 g/mol. The van der Waals surface area contributed by atoms with Gasteiger partial charge in [0, 0.05) is 30.0 Å². The van der Waals surface area contributed by atoms with Gasteiger partial charge >= 0.3 is 6.09 Å². The van der Waals surface area contributed by atoms with Gasteiger partial charge in [0.1, 0.15) is 12.4 Å². The Morgan fingerprint density at radius 1 is 0.968 bits per heavy atom. The van der Waals surface area contributed by atoms with Crippen molar-refractivity contribution in [3.8, 4) is 23.0 Å². The van der Waals surface area contributed by atoms with E-state index in [-0.39, 0.29) is 11.8 Å². The number of nitrogens with one attached hydrogen (secondary N) is 2. The number of fused-ring (bicyclic) bond motifs is 3. The van der Waals surface area contributed by atoms with Gasteiger partial charge < -0.3 is 15.8 Å². The zero-order valence-corrected chi connectivity index (χ0v) is 17.0. The van der Waals surface area contributed by atoms with Crippen molar-refractivity contribution in [1.82, 2.24) is 5.32 Å². The summed E-state index contributed by atoms with van der Waals surface area (Å²) in [6.07, 6.45) is 0.0769. The Morgan fingerprint density at radius 3 is 2.19 bits per heavy atom. The second kappa shape index (κ2) is 9.19. The molecular weight excluding hydrogens is 386 g/mol. The second-order valence-corrected chi connectivity index (χ2v) is 7.30. The smallest absolute Gasteiger partial charge is 0.407 e. The molecule has 1 aliphatic carbocycles. The maximum Gasteiger partial charge on any atom is 0.407 e. The quantitative estimate of drug-likeness (QED) is 0.255. The minimum Gasteiger partial charge on any atom is -0.449 e. The maximum absolute atomic E-state index is 12.1. The molecule has 31 heavy (non-hydrogen) atoms. The fourth-order valence-corrected chi connectivity index (χ4v) is 3.77. The van der Waals surface area contributed by atoms with Crippen molar-refractivity contribution in [2.75, 3.05) is 13.2 Å². The van der Waals surface area contributed by atoms with Crippen molar-refractivity contribution in [3.63, 3.8) is 0 Å². The highest BCUT2D eigenvalue weighted by molar-refractivity contribution is 5.94. The fraction of sp³-hybridized carbons (Fsp3) is 0.154. The van der Waals surface area contributed by atoms with Gasteiger partial charge in [0.15, 0.2) is 0 Å². The zero-order chi connectivity index (χ0) is 21.6. The van der Waals surface area contributed by atoms with Gasteiger partial charge in [0.2, 0.25) is 0 Å². The van der Waals surface area contributed by atoms with Crippen LogP contribution in [0.4, 0.5) is 4.79 Å². The van der Waals surface area contributed by atoms with E-state index in [0.29, 0.717) is 25.1 Å². The Balaban J connectivity index is 1.27. The predicted molar refractivity (Wildman–Crippen MR) is 122 cm³/mol. The Hall–Kier alpha value is -4.04. The number of ether oxygens (including phenoxy) is 1. The summed E-state index contributed by atoms with van der Waals surface area (Å²) < 4.78 is 5.51. The molecule has 0 unspecified atom stereocenters. The van der Waals surface area contributed by atoms with E-state index in [2.05, 4.69) is 41.4 Å².